The fraction of sp³-hybridized carbons (Fsp3) is 1.00. The summed E-state index contributed by atoms with van der Waals surface area (Å²) in [4.78, 5) is 2.00. The van der Waals surface area contributed by atoms with Gasteiger partial charge in [0.25, 0.3) is 0 Å². The molecule has 0 amide bonds. The van der Waals surface area contributed by atoms with Crippen LogP contribution >= 0.6 is 0 Å². The van der Waals surface area contributed by atoms with Crippen LogP contribution in [-0.2, 0) is 0 Å². The molecular formula is C3H12NSn-. The van der Waals surface area contributed by atoms with Gasteiger partial charge in [0.15, 0.2) is 0 Å². The van der Waals surface area contributed by atoms with Gasteiger partial charge in [0, 0.05) is 0 Å². The Labute approximate surface area is 51.8 Å². The fourth-order valence-electron chi connectivity index (χ4n) is 0. The minimum absolute atomic E-state index is 0. The van der Waals surface area contributed by atoms with Crippen LogP contribution in [0.15, 0.2) is 0 Å². The normalized spacial score (nSPS) is 7.20. The van der Waals surface area contributed by atoms with Crippen LogP contribution < -0.4 is 0 Å². The van der Waals surface area contributed by atoms with E-state index < -0.39 is 0 Å². The van der Waals surface area contributed by atoms with E-state index in [1.165, 1.54) is 0 Å². The average molecular weight is 181 g/mol. The van der Waals surface area contributed by atoms with Crippen molar-refractivity contribution in [3.05, 3.63) is 0 Å². The average Bonchev–Trinajstić information content (AvgIpc) is 0.811. The van der Waals surface area contributed by atoms with E-state index in [0.29, 0.717) is 0 Å². The molecule has 0 aliphatic heterocycles. The molecule has 0 saturated carbocycles. The van der Waals surface area contributed by atoms with E-state index in [1.54, 1.807) is 0 Å². The Morgan fingerprint density at radius 1 is 1.20 bits per heavy atom. The first-order valence-corrected chi connectivity index (χ1v) is 1.34. The van der Waals surface area contributed by atoms with Crippen LogP contribution in [-0.4, -0.2) is 50.0 Å². The van der Waals surface area contributed by atoms with Crippen LogP contribution in [0.1, 0.15) is 1.43 Å². The van der Waals surface area contributed by atoms with E-state index in [-0.39, 0.29) is 25.3 Å². The summed E-state index contributed by atoms with van der Waals surface area (Å²) >= 11 is 0. The Morgan fingerprint density at radius 2 is 1.20 bits per heavy atom. The molecule has 0 saturated heterocycles. The van der Waals surface area contributed by atoms with Gasteiger partial charge in [-0.05, 0) is 21.1 Å². The standard InChI is InChI=1S/C3H9N.Sn.3H/c1-4(2)3;;;;/h1-3H3;;;;/q;;;;-1. The van der Waals surface area contributed by atoms with Crippen LogP contribution in [0, 0.1) is 0 Å². The van der Waals surface area contributed by atoms with E-state index in [0.717, 1.165) is 0 Å². The van der Waals surface area contributed by atoms with Crippen LogP contribution in [0.4, 0.5) is 0 Å². The van der Waals surface area contributed by atoms with Crippen molar-refractivity contribution in [2.24, 2.45) is 0 Å². The summed E-state index contributed by atoms with van der Waals surface area (Å²) < 4.78 is 0. The minimum atomic E-state index is 0. The topological polar surface area (TPSA) is 3.24 Å². The van der Waals surface area contributed by atoms with Crippen molar-refractivity contribution in [1.29, 1.82) is 0 Å². The van der Waals surface area contributed by atoms with E-state index >= 15 is 0 Å². The van der Waals surface area contributed by atoms with Crippen molar-refractivity contribution < 1.29 is 1.43 Å². The van der Waals surface area contributed by atoms with Crippen LogP contribution in [0.3, 0.4) is 0 Å². The number of nitrogens with zero attached hydrogens (tertiary/aromatic N) is 1. The molecule has 1 nitrogen and oxygen atoms in total. The molecule has 0 bridgehead atoms. The quantitative estimate of drug-likeness (QED) is 0.450. The fourth-order valence-corrected chi connectivity index (χ4v) is 0. The van der Waals surface area contributed by atoms with Crippen molar-refractivity contribution in [3.63, 3.8) is 0 Å². The molecule has 0 aliphatic rings. The Hall–Kier alpha value is 0.759. The maximum absolute atomic E-state index is 2.00. The predicted octanol–water partition coefficient (Wildman–Crippen LogP) is -0.626. The third kappa shape index (κ3) is 62.9. The van der Waals surface area contributed by atoms with Gasteiger partial charge in [-0.2, -0.15) is 0 Å². The first kappa shape index (κ1) is 9.23. The summed E-state index contributed by atoms with van der Waals surface area (Å²) in [5, 5.41) is 0. The molecule has 0 unspecified atom stereocenters. The second-order valence-corrected chi connectivity index (χ2v) is 1.34. The molecule has 0 spiro atoms. The Balaban J connectivity index is -0.0000000450. The zero-order valence-corrected chi connectivity index (χ0v) is 8.19. The van der Waals surface area contributed by atoms with Crippen molar-refractivity contribution in [2.75, 3.05) is 21.1 Å². The Bertz CT molecular complexity index is 15.5. The molecule has 0 aromatic heterocycles. The van der Waals surface area contributed by atoms with Gasteiger partial charge in [0.05, 0.1) is 0 Å². The third-order valence-electron chi connectivity index (χ3n) is 0. The molecule has 34 valence electrons. The zero-order valence-electron chi connectivity index (χ0n) is 5.15. The maximum atomic E-state index is 2.00. The number of hydrogen-bond donors (Lipinski definition) is 0. The summed E-state index contributed by atoms with van der Waals surface area (Å²) in [6.07, 6.45) is 0. The van der Waals surface area contributed by atoms with Crippen LogP contribution in [0.2, 0.25) is 0 Å². The third-order valence-corrected chi connectivity index (χ3v) is 0. The summed E-state index contributed by atoms with van der Waals surface area (Å²) in [6.45, 7) is 0. The molecule has 0 aromatic rings. The second kappa shape index (κ2) is 4.76. The van der Waals surface area contributed by atoms with Crippen LogP contribution in [0.25, 0.3) is 0 Å². The van der Waals surface area contributed by atoms with E-state index in [1.807, 2.05) is 26.0 Å². The molecule has 2 radical (unpaired) electrons. The van der Waals surface area contributed by atoms with Gasteiger partial charge in [0.2, 0.25) is 0 Å². The van der Waals surface area contributed by atoms with Gasteiger partial charge in [-0.1, -0.05) is 0 Å². The molecule has 0 N–H and O–H groups in total. The first-order chi connectivity index (χ1) is 1.73. The van der Waals surface area contributed by atoms with E-state index in [9.17, 15) is 0 Å². The zero-order chi connectivity index (χ0) is 3.58. The summed E-state index contributed by atoms with van der Waals surface area (Å²) in [6, 6.07) is 0. The van der Waals surface area contributed by atoms with Gasteiger partial charge in [-0.3, -0.25) is 0 Å². The molecule has 0 fully saturated rings. The molecule has 0 aliphatic carbocycles. The van der Waals surface area contributed by atoms with Crippen LogP contribution in [0.5, 0.6) is 0 Å². The Kier molecular flexibility index (Phi) is 8.79. The summed E-state index contributed by atoms with van der Waals surface area (Å²) in [5.74, 6) is 0. The molecule has 0 aromatic carbocycles. The molecular weight excluding hydrogens is 169 g/mol. The molecule has 0 atom stereocenters. The summed E-state index contributed by atoms with van der Waals surface area (Å²) in [7, 11) is 6.00. The van der Waals surface area contributed by atoms with Gasteiger partial charge in [0.1, 0.15) is 0 Å². The SMILES string of the molecule is CN(C)C.[H-].[SnH2]. The number of hydrogen-bond acceptors (Lipinski definition) is 1. The van der Waals surface area contributed by atoms with E-state index in [4.69, 9.17) is 0 Å². The van der Waals surface area contributed by atoms with E-state index in [2.05, 4.69) is 0 Å². The van der Waals surface area contributed by atoms with Crippen molar-refractivity contribution in [1.82, 2.24) is 4.90 Å². The Morgan fingerprint density at radius 3 is 1.20 bits per heavy atom. The second-order valence-electron chi connectivity index (χ2n) is 1.34. The van der Waals surface area contributed by atoms with Crippen molar-refractivity contribution in [3.8, 4) is 0 Å². The predicted molar refractivity (Wildman–Crippen MR) is 29.3 cm³/mol. The van der Waals surface area contributed by atoms with Gasteiger partial charge in [-0.25, -0.2) is 0 Å². The first-order valence-electron chi connectivity index (χ1n) is 1.34. The van der Waals surface area contributed by atoms with Gasteiger partial charge < -0.3 is 6.33 Å². The number of rotatable bonds is 0. The molecule has 0 rings (SSSR count). The van der Waals surface area contributed by atoms with Crippen molar-refractivity contribution >= 4 is 23.9 Å². The molecule has 0 heterocycles. The summed E-state index contributed by atoms with van der Waals surface area (Å²) in [5.41, 5.74) is 0. The van der Waals surface area contributed by atoms with Crippen molar-refractivity contribution in [2.45, 2.75) is 0 Å². The van der Waals surface area contributed by atoms with Gasteiger partial charge >= 0.3 is 23.9 Å². The molecule has 5 heavy (non-hydrogen) atoms. The molecule has 2 heteroatoms. The van der Waals surface area contributed by atoms with Gasteiger partial charge in [-0.15, -0.1) is 0 Å². The monoisotopic (exact) mass is 182 g/mol.